The molecule has 1 aromatic carbocycles. The number of hydrogen-bond donors (Lipinski definition) is 1. The van der Waals surface area contributed by atoms with Crippen LogP contribution in [0.25, 0.3) is 11.1 Å². The van der Waals surface area contributed by atoms with Crippen molar-refractivity contribution in [3.05, 3.63) is 65.5 Å². The fraction of sp³-hybridized carbons (Fsp3) is 0.318. The number of aromatic nitrogens is 3. The summed E-state index contributed by atoms with van der Waals surface area (Å²) in [6.07, 6.45) is 3.33. The minimum Gasteiger partial charge on any atom is -0.458 e. The van der Waals surface area contributed by atoms with Crippen molar-refractivity contribution in [3.63, 3.8) is 0 Å². The number of carbonyl (C=O) groups excluding carboxylic acids is 1. The first-order valence-electron chi connectivity index (χ1n) is 9.70. The van der Waals surface area contributed by atoms with Gasteiger partial charge in [-0.25, -0.2) is 14.4 Å². The molecule has 3 aromatic rings. The molecule has 0 spiro atoms. The summed E-state index contributed by atoms with van der Waals surface area (Å²) in [5.41, 5.74) is 3.93. The molecule has 1 aliphatic heterocycles. The molecule has 1 saturated heterocycles. The van der Waals surface area contributed by atoms with Crippen LogP contribution in [0.15, 0.2) is 42.6 Å². The molecule has 29 heavy (non-hydrogen) atoms. The molecule has 0 radical (unpaired) electrons. The molecule has 0 aliphatic carbocycles. The molecule has 1 unspecified atom stereocenters. The van der Waals surface area contributed by atoms with Crippen LogP contribution < -0.4 is 4.74 Å². The Kier molecular flexibility index (Phi) is 5.29. The topological polar surface area (TPSA) is 71.1 Å². The zero-order chi connectivity index (χ0) is 20.4. The van der Waals surface area contributed by atoms with E-state index >= 15 is 0 Å². The van der Waals surface area contributed by atoms with Crippen molar-refractivity contribution in [1.82, 2.24) is 19.9 Å². The standard InChI is InChI=1S/C22H23FN4O2/c1-14-10-15(2)26-22(25-14)29-19-4-3-9-27(13-19)21(28)20-11-17(12-24-20)16-5-7-18(23)8-6-16/h5-8,10-12,19,24H,3-4,9,13H2,1-2H3. The Morgan fingerprint density at radius 3 is 2.59 bits per heavy atom. The number of likely N-dealkylation sites (tertiary alicyclic amines) is 1. The number of carbonyl (C=O) groups is 1. The molecule has 7 heteroatoms. The highest BCUT2D eigenvalue weighted by atomic mass is 19.1. The van der Waals surface area contributed by atoms with Gasteiger partial charge < -0.3 is 14.6 Å². The highest BCUT2D eigenvalue weighted by Gasteiger charge is 2.27. The van der Waals surface area contributed by atoms with E-state index in [0.29, 0.717) is 24.8 Å². The number of H-pyrrole nitrogens is 1. The Balaban J connectivity index is 1.44. The van der Waals surface area contributed by atoms with E-state index in [0.717, 1.165) is 35.4 Å². The van der Waals surface area contributed by atoms with Crippen LogP contribution in [0.2, 0.25) is 0 Å². The van der Waals surface area contributed by atoms with E-state index in [1.165, 1.54) is 12.1 Å². The van der Waals surface area contributed by atoms with Gasteiger partial charge in [0.25, 0.3) is 5.91 Å². The van der Waals surface area contributed by atoms with Gasteiger partial charge in [-0.3, -0.25) is 4.79 Å². The maximum atomic E-state index is 13.1. The molecular weight excluding hydrogens is 371 g/mol. The maximum absolute atomic E-state index is 13.1. The van der Waals surface area contributed by atoms with Crippen molar-refractivity contribution in [2.24, 2.45) is 0 Å². The second kappa shape index (κ2) is 8.03. The van der Waals surface area contributed by atoms with Gasteiger partial charge in [-0.1, -0.05) is 12.1 Å². The lowest BCUT2D eigenvalue weighted by Crippen LogP contribution is -2.44. The molecule has 3 heterocycles. The summed E-state index contributed by atoms with van der Waals surface area (Å²) >= 11 is 0. The van der Waals surface area contributed by atoms with Gasteiger partial charge in [-0.15, -0.1) is 0 Å². The third-order valence-corrected chi connectivity index (χ3v) is 4.99. The van der Waals surface area contributed by atoms with E-state index in [4.69, 9.17) is 4.74 Å². The Morgan fingerprint density at radius 1 is 1.14 bits per heavy atom. The van der Waals surface area contributed by atoms with Gasteiger partial charge in [0.2, 0.25) is 0 Å². The largest absolute Gasteiger partial charge is 0.458 e. The summed E-state index contributed by atoms with van der Waals surface area (Å²) in [7, 11) is 0. The molecular formula is C22H23FN4O2. The van der Waals surface area contributed by atoms with E-state index in [2.05, 4.69) is 15.0 Å². The first-order chi connectivity index (χ1) is 14.0. The summed E-state index contributed by atoms with van der Waals surface area (Å²) in [6, 6.07) is 10.3. The van der Waals surface area contributed by atoms with E-state index in [-0.39, 0.29) is 17.8 Å². The van der Waals surface area contributed by atoms with Crippen molar-refractivity contribution < 1.29 is 13.9 Å². The lowest BCUT2D eigenvalue weighted by atomic mass is 10.1. The minimum atomic E-state index is -0.285. The second-order valence-electron chi connectivity index (χ2n) is 7.38. The van der Waals surface area contributed by atoms with Crippen LogP contribution in [-0.2, 0) is 0 Å². The lowest BCUT2D eigenvalue weighted by molar-refractivity contribution is 0.0510. The van der Waals surface area contributed by atoms with E-state index < -0.39 is 0 Å². The van der Waals surface area contributed by atoms with E-state index in [1.54, 1.807) is 29.3 Å². The molecule has 1 amide bonds. The number of amides is 1. The van der Waals surface area contributed by atoms with Crippen molar-refractivity contribution in [2.45, 2.75) is 32.8 Å². The van der Waals surface area contributed by atoms with Crippen LogP contribution >= 0.6 is 0 Å². The van der Waals surface area contributed by atoms with Crippen molar-refractivity contribution in [2.75, 3.05) is 13.1 Å². The number of hydrogen-bond acceptors (Lipinski definition) is 4. The highest BCUT2D eigenvalue weighted by molar-refractivity contribution is 5.94. The van der Waals surface area contributed by atoms with Gasteiger partial charge in [0.1, 0.15) is 17.6 Å². The average Bonchev–Trinajstić information content (AvgIpc) is 3.17. The van der Waals surface area contributed by atoms with Gasteiger partial charge in [-0.2, -0.15) is 0 Å². The van der Waals surface area contributed by atoms with Crippen LogP contribution in [0, 0.1) is 19.7 Å². The summed E-state index contributed by atoms with van der Waals surface area (Å²) in [5.74, 6) is -0.360. The first kappa shape index (κ1) is 19.1. The molecule has 1 atom stereocenters. The van der Waals surface area contributed by atoms with Crippen LogP contribution in [0.4, 0.5) is 4.39 Å². The molecule has 0 bridgehead atoms. The van der Waals surface area contributed by atoms with Crippen LogP contribution in [0.1, 0.15) is 34.7 Å². The molecule has 150 valence electrons. The quantitative estimate of drug-likeness (QED) is 0.728. The number of rotatable bonds is 4. The Hall–Kier alpha value is -3.22. The van der Waals surface area contributed by atoms with Crippen molar-refractivity contribution >= 4 is 5.91 Å². The molecule has 2 aromatic heterocycles. The molecule has 1 N–H and O–H groups in total. The van der Waals surface area contributed by atoms with Crippen LogP contribution in [0.5, 0.6) is 6.01 Å². The number of nitrogens with zero attached hydrogens (tertiary/aromatic N) is 3. The number of ether oxygens (including phenoxy) is 1. The first-order valence-corrected chi connectivity index (χ1v) is 9.70. The van der Waals surface area contributed by atoms with Gasteiger partial charge in [0.15, 0.2) is 0 Å². The number of aromatic amines is 1. The molecule has 1 fully saturated rings. The van der Waals surface area contributed by atoms with E-state index in [1.807, 2.05) is 19.9 Å². The predicted molar refractivity (Wildman–Crippen MR) is 107 cm³/mol. The zero-order valence-corrected chi connectivity index (χ0v) is 16.5. The van der Waals surface area contributed by atoms with Gasteiger partial charge in [0.05, 0.1) is 6.54 Å². The average molecular weight is 394 g/mol. The summed E-state index contributed by atoms with van der Waals surface area (Å²) in [4.78, 5) is 26.4. The zero-order valence-electron chi connectivity index (χ0n) is 16.5. The third kappa shape index (κ3) is 4.45. The summed E-state index contributed by atoms with van der Waals surface area (Å²) in [6.45, 7) is 4.97. The normalized spacial score (nSPS) is 16.7. The fourth-order valence-corrected chi connectivity index (χ4v) is 3.61. The van der Waals surface area contributed by atoms with Crippen LogP contribution in [-0.4, -0.2) is 45.0 Å². The second-order valence-corrected chi connectivity index (χ2v) is 7.38. The Bertz CT molecular complexity index is 996. The number of piperidine rings is 1. The number of halogens is 1. The summed E-state index contributed by atoms with van der Waals surface area (Å²) in [5, 5.41) is 0. The molecule has 6 nitrogen and oxygen atoms in total. The lowest BCUT2D eigenvalue weighted by Gasteiger charge is -2.32. The molecule has 0 saturated carbocycles. The molecule has 1 aliphatic rings. The van der Waals surface area contributed by atoms with Gasteiger partial charge >= 0.3 is 6.01 Å². The minimum absolute atomic E-state index is 0.0759. The number of nitrogens with one attached hydrogen (secondary N) is 1. The number of aryl methyl sites for hydroxylation is 2. The smallest absolute Gasteiger partial charge is 0.317 e. The monoisotopic (exact) mass is 394 g/mol. The summed E-state index contributed by atoms with van der Waals surface area (Å²) < 4.78 is 19.1. The van der Waals surface area contributed by atoms with E-state index in [9.17, 15) is 9.18 Å². The predicted octanol–water partition coefficient (Wildman–Crippen LogP) is 3.91. The van der Waals surface area contributed by atoms with Crippen molar-refractivity contribution in [3.8, 4) is 17.1 Å². The van der Waals surface area contributed by atoms with Gasteiger partial charge in [0, 0.05) is 24.1 Å². The SMILES string of the molecule is Cc1cc(C)nc(OC2CCCN(C(=O)c3cc(-c4ccc(F)cc4)c[nH]3)C2)n1. The van der Waals surface area contributed by atoms with Crippen LogP contribution in [0.3, 0.4) is 0 Å². The third-order valence-electron chi connectivity index (χ3n) is 4.99. The fourth-order valence-electron chi connectivity index (χ4n) is 3.61. The van der Waals surface area contributed by atoms with Crippen molar-refractivity contribution in [1.29, 1.82) is 0 Å². The Morgan fingerprint density at radius 2 is 1.86 bits per heavy atom. The Labute approximate surface area is 168 Å². The highest BCUT2D eigenvalue weighted by Crippen LogP contribution is 2.23. The number of benzene rings is 1. The molecule has 4 rings (SSSR count). The van der Waals surface area contributed by atoms with Gasteiger partial charge in [-0.05, 0) is 62.1 Å². The maximum Gasteiger partial charge on any atom is 0.317 e.